The number of sulfonamides is 1. The first-order valence-corrected chi connectivity index (χ1v) is 10.0. The first kappa shape index (κ1) is 22.6. The largest absolute Gasteiger partial charge is 0.481 e. The van der Waals surface area contributed by atoms with Crippen LogP contribution in [0.3, 0.4) is 0 Å². The molecule has 0 atom stereocenters. The van der Waals surface area contributed by atoms with Crippen LogP contribution in [0.15, 0.2) is 47.4 Å². The van der Waals surface area contributed by atoms with Crippen LogP contribution in [0.1, 0.15) is 6.92 Å². The number of nitrogens with zero attached hydrogens (tertiary/aromatic N) is 2. The Kier molecular flexibility index (Phi) is 7.69. The average Bonchev–Trinajstić information content (AvgIpc) is 2.72. The van der Waals surface area contributed by atoms with Gasteiger partial charge in [-0.1, -0.05) is 0 Å². The SMILES string of the molecule is CCOC(=O)C=CC(=O)Nc1ccc(S(=O)(=O)Nc2cc(OC)nc(OC)n2)cc1. The minimum absolute atomic E-state index is 0.0415. The molecule has 0 aliphatic carbocycles. The predicted octanol–water partition coefficient (Wildman–Crippen LogP) is 1.35. The van der Waals surface area contributed by atoms with Crippen LogP contribution in [-0.4, -0.2) is 51.1 Å². The summed E-state index contributed by atoms with van der Waals surface area (Å²) in [7, 11) is -1.27. The van der Waals surface area contributed by atoms with Crippen LogP contribution in [-0.2, 0) is 24.3 Å². The maximum Gasteiger partial charge on any atom is 0.330 e. The third-order valence-electron chi connectivity index (χ3n) is 3.40. The summed E-state index contributed by atoms with van der Waals surface area (Å²) in [5.41, 5.74) is 0.331. The molecule has 1 heterocycles. The fraction of sp³-hybridized carbons (Fsp3) is 0.222. The van der Waals surface area contributed by atoms with Crippen molar-refractivity contribution < 1.29 is 32.2 Å². The Morgan fingerprint density at radius 1 is 1.07 bits per heavy atom. The maximum atomic E-state index is 12.6. The molecule has 0 fully saturated rings. The number of benzene rings is 1. The summed E-state index contributed by atoms with van der Waals surface area (Å²) >= 11 is 0. The lowest BCUT2D eigenvalue weighted by Crippen LogP contribution is -2.15. The van der Waals surface area contributed by atoms with Gasteiger partial charge in [-0.3, -0.25) is 9.52 Å². The fourth-order valence-corrected chi connectivity index (χ4v) is 3.08. The molecule has 2 N–H and O–H groups in total. The van der Waals surface area contributed by atoms with Crippen molar-refractivity contribution in [2.75, 3.05) is 30.9 Å². The second-order valence-corrected chi connectivity index (χ2v) is 7.17. The Balaban J connectivity index is 2.09. The van der Waals surface area contributed by atoms with E-state index >= 15 is 0 Å². The van der Waals surface area contributed by atoms with Crippen molar-refractivity contribution >= 4 is 33.4 Å². The lowest BCUT2D eigenvalue weighted by molar-refractivity contribution is -0.137. The van der Waals surface area contributed by atoms with Gasteiger partial charge in [0.25, 0.3) is 10.0 Å². The van der Waals surface area contributed by atoms with E-state index < -0.39 is 21.9 Å². The minimum Gasteiger partial charge on any atom is -0.481 e. The van der Waals surface area contributed by atoms with Crippen molar-refractivity contribution in [3.05, 3.63) is 42.5 Å². The summed E-state index contributed by atoms with van der Waals surface area (Å²) in [6.45, 7) is 1.84. The Morgan fingerprint density at radius 2 is 1.77 bits per heavy atom. The molecule has 0 saturated carbocycles. The molecule has 2 rings (SSSR count). The number of hydrogen-bond acceptors (Lipinski definition) is 9. The topological polar surface area (TPSA) is 146 Å². The summed E-state index contributed by atoms with van der Waals surface area (Å²) in [5.74, 6) is -1.14. The average molecular weight is 436 g/mol. The first-order valence-electron chi connectivity index (χ1n) is 8.53. The van der Waals surface area contributed by atoms with Gasteiger partial charge in [0.2, 0.25) is 11.8 Å². The van der Waals surface area contributed by atoms with Crippen LogP contribution in [0.5, 0.6) is 11.9 Å². The van der Waals surface area contributed by atoms with E-state index in [-0.39, 0.29) is 29.2 Å². The van der Waals surface area contributed by atoms with Gasteiger partial charge in [0, 0.05) is 23.9 Å². The summed E-state index contributed by atoms with van der Waals surface area (Å²) in [5, 5.41) is 2.50. The normalized spacial score (nSPS) is 11.0. The third-order valence-corrected chi connectivity index (χ3v) is 4.77. The Labute approximate surface area is 173 Å². The molecule has 0 aliphatic rings. The molecular formula is C18H20N4O7S. The zero-order valence-electron chi connectivity index (χ0n) is 16.4. The molecule has 2 aromatic rings. The van der Waals surface area contributed by atoms with E-state index in [0.29, 0.717) is 5.69 Å². The molecule has 1 amide bonds. The van der Waals surface area contributed by atoms with Gasteiger partial charge in [-0.2, -0.15) is 9.97 Å². The molecule has 1 aromatic carbocycles. The molecule has 0 saturated heterocycles. The standard InChI is InChI=1S/C18H20N4O7S/c1-4-29-17(24)10-9-15(23)19-12-5-7-13(8-6-12)30(25,26)22-14-11-16(27-2)21-18(20-14)28-3/h5-11H,4H2,1-3H3,(H,19,23)(H,20,21,22). The molecule has 1 aromatic heterocycles. The van der Waals surface area contributed by atoms with Crippen molar-refractivity contribution in [2.45, 2.75) is 11.8 Å². The summed E-state index contributed by atoms with van der Waals surface area (Å²) in [6.07, 6.45) is 2.01. The molecule has 0 unspecified atom stereocenters. The third kappa shape index (κ3) is 6.44. The van der Waals surface area contributed by atoms with Crippen LogP contribution < -0.4 is 19.5 Å². The highest BCUT2D eigenvalue weighted by molar-refractivity contribution is 7.92. The lowest BCUT2D eigenvalue weighted by Gasteiger charge is -2.10. The number of carbonyl (C=O) groups excluding carboxylic acids is 2. The molecule has 0 aliphatic heterocycles. The number of ether oxygens (including phenoxy) is 3. The van der Waals surface area contributed by atoms with Crippen molar-refractivity contribution in [2.24, 2.45) is 0 Å². The molecule has 0 radical (unpaired) electrons. The second-order valence-electron chi connectivity index (χ2n) is 5.49. The molecular weight excluding hydrogens is 416 g/mol. The van der Waals surface area contributed by atoms with E-state index in [9.17, 15) is 18.0 Å². The number of methoxy groups -OCH3 is 2. The Morgan fingerprint density at radius 3 is 2.37 bits per heavy atom. The van der Waals surface area contributed by atoms with Gasteiger partial charge in [-0.25, -0.2) is 13.2 Å². The van der Waals surface area contributed by atoms with Crippen molar-refractivity contribution in [3.63, 3.8) is 0 Å². The van der Waals surface area contributed by atoms with Crippen LogP contribution in [0.4, 0.5) is 11.5 Å². The van der Waals surface area contributed by atoms with Crippen LogP contribution in [0.2, 0.25) is 0 Å². The van der Waals surface area contributed by atoms with E-state index in [1.165, 1.54) is 44.6 Å². The van der Waals surface area contributed by atoms with Crippen molar-refractivity contribution in [3.8, 4) is 11.9 Å². The smallest absolute Gasteiger partial charge is 0.330 e. The maximum absolute atomic E-state index is 12.6. The van der Waals surface area contributed by atoms with Gasteiger partial charge in [0.05, 0.1) is 25.7 Å². The Bertz CT molecular complexity index is 1010. The number of anilines is 2. The van der Waals surface area contributed by atoms with Crippen molar-refractivity contribution in [1.82, 2.24) is 9.97 Å². The monoisotopic (exact) mass is 436 g/mol. The highest BCUT2D eigenvalue weighted by atomic mass is 32.2. The number of rotatable bonds is 9. The Hall–Kier alpha value is -3.67. The fourth-order valence-electron chi connectivity index (χ4n) is 2.08. The number of esters is 1. The highest BCUT2D eigenvalue weighted by Crippen LogP contribution is 2.21. The van der Waals surface area contributed by atoms with Crippen LogP contribution in [0, 0.1) is 0 Å². The number of amides is 1. The van der Waals surface area contributed by atoms with Gasteiger partial charge < -0.3 is 19.5 Å². The van der Waals surface area contributed by atoms with E-state index in [1.807, 2.05) is 0 Å². The van der Waals surface area contributed by atoms with Gasteiger partial charge in [-0.05, 0) is 31.2 Å². The van der Waals surface area contributed by atoms with Crippen molar-refractivity contribution in [1.29, 1.82) is 0 Å². The summed E-state index contributed by atoms with van der Waals surface area (Å²) < 4.78 is 42.0. The zero-order chi connectivity index (χ0) is 22.1. The molecule has 160 valence electrons. The quantitative estimate of drug-likeness (QED) is 0.439. The first-order chi connectivity index (χ1) is 14.3. The number of hydrogen-bond donors (Lipinski definition) is 2. The second kappa shape index (κ2) is 10.2. The van der Waals surface area contributed by atoms with E-state index in [0.717, 1.165) is 12.2 Å². The van der Waals surface area contributed by atoms with Gasteiger partial charge >= 0.3 is 12.0 Å². The number of nitrogens with one attached hydrogen (secondary N) is 2. The number of aromatic nitrogens is 2. The van der Waals surface area contributed by atoms with Crippen LogP contribution >= 0.6 is 0 Å². The molecule has 11 nitrogen and oxygen atoms in total. The molecule has 30 heavy (non-hydrogen) atoms. The van der Waals surface area contributed by atoms with E-state index in [4.69, 9.17) is 9.47 Å². The summed E-state index contributed by atoms with van der Waals surface area (Å²) in [6, 6.07) is 6.61. The lowest BCUT2D eigenvalue weighted by atomic mass is 10.3. The minimum atomic E-state index is -3.98. The highest BCUT2D eigenvalue weighted by Gasteiger charge is 2.17. The number of carbonyl (C=O) groups is 2. The molecule has 12 heteroatoms. The molecule has 0 spiro atoms. The van der Waals surface area contributed by atoms with Gasteiger partial charge in [0.15, 0.2) is 5.82 Å². The predicted molar refractivity (Wildman–Crippen MR) is 107 cm³/mol. The van der Waals surface area contributed by atoms with E-state index in [2.05, 4.69) is 24.7 Å². The zero-order valence-corrected chi connectivity index (χ0v) is 17.2. The summed E-state index contributed by atoms with van der Waals surface area (Å²) in [4.78, 5) is 30.7. The molecule has 0 bridgehead atoms. The van der Waals surface area contributed by atoms with Gasteiger partial charge in [0.1, 0.15) is 0 Å². The van der Waals surface area contributed by atoms with Crippen LogP contribution in [0.25, 0.3) is 0 Å². The van der Waals surface area contributed by atoms with E-state index in [1.54, 1.807) is 6.92 Å². The van der Waals surface area contributed by atoms with Gasteiger partial charge in [-0.15, -0.1) is 0 Å².